The Balaban J connectivity index is 4.39. The zero-order valence-electron chi connectivity index (χ0n) is 43.4. The molecular formula is C61H100O6. The van der Waals surface area contributed by atoms with Crippen LogP contribution < -0.4 is 0 Å². The van der Waals surface area contributed by atoms with E-state index in [1.165, 1.54) is 96.3 Å². The van der Waals surface area contributed by atoms with Gasteiger partial charge in [-0.2, -0.15) is 0 Å². The molecule has 0 aliphatic carbocycles. The largest absolute Gasteiger partial charge is 0.462 e. The maximum Gasteiger partial charge on any atom is 0.306 e. The Labute approximate surface area is 412 Å². The molecule has 1 unspecified atom stereocenters. The molecule has 67 heavy (non-hydrogen) atoms. The third-order valence-corrected chi connectivity index (χ3v) is 11.3. The summed E-state index contributed by atoms with van der Waals surface area (Å²) in [6.07, 6.45) is 73.9. The Hall–Kier alpha value is -3.93. The van der Waals surface area contributed by atoms with Gasteiger partial charge in [-0.3, -0.25) is 14.4 Å². The Kier molecular flexibility index (Phi) is 51.5. The lowest BCUT2D eigenvalue weighted by molar-refractivity contribution is -0.166. The van der Waals surface area contributed by atoms with Crippen molar-refractivity contribution in [2.24, 2.45) is 0 Å². The second kappa shape index (κ2) is 54.7. The molecule has 0 fully saturated rings. The third kappa shape index (κ3) is 52.9. The van der Waals surface area contributed by atoms with Crippen molar-refractivity contribution in [3.05, 3.63) is 109 Å². The monoisotopic (exact) mass is 929 g/mol. The van der Waals surface area contributed by atoms with E-state index in [1.807, 2.05) is 12.2 Å². The van der Waals surface area contributed by atoms with Crippen LogP contribution in [0.5, 0.6) is 0 Å². The fraction of sp³-hybridized carbons (Fsp3) is 0.656. The lowest BCUT2D eigenvalue weighted by atomic mass is 10.0. The summed E-state index contributed by atoms with van der Waals surface area (Å²) < 4.78 is 16.7. The van der Waals surface area contributed by atoms with E-state index < -0.39 is 12.1 Å². The highest BCUT2D eigenvalue weighted by Gasteiger charge is 2.19. The molecule has 6 nitrogen and oxygen atoms in total. The van der Waals surface area contributed by atoms with E-state index in [0.29, 0.717) is 19.3 Å². The molecule has 0 aliphatic rings. The highest BCUT2D eigenvalue weighted by atomic mass is 16.6. The van der Waals surface area contributed by atoms with Crippen LogP contribution in [-0.4, -0.2) is 37.2 Å². The van der Waals surface area contributed by atoms with Crippen LogP contribution in [0.15, 0.2) is 109 Å². The number of unbranched alkanes of at least 4 members (excludes halogenated alkanes) is 19. The highest BCUT2D eigenvalue weighted by Crippen LogP contribution is 2.14. The minimum absolute atomic E-state index is 0.119. The number of rotatable bonds is 48. The second-order valence-electron chi connectivity index (χ2n) is 17.7. The Morgan fingerprint density at radius 1 is 0.313 bits per heavy atom. The summed E-state index contributed by atoms with van der Waals surface area (Å²) in [7, 11) is 0. The van der Waals surface area contributed by atoms with Gasteiger partial charge in [-0.25, -0.2) is 0 Å². The van der Waals surface area contributed by atoms with Crippen molar-refractivity contribution < 1.29 is 28.6 Å². The number of ether oxygens (including phenoxy) is 3. The van der Waals surface area contributed by atoms with Gasteiger partial charge >= 0.3 is 17.9 Å². The first kappa shape index (κ1) is 63.1. The van der Waals surface area contributed by atoms with Crippen molar-refractivity contribution in [2.75, 3.05) is 13.2 Å². The summed E-state index contributed by atoms with van der Waals surface area (Å²) in [4.78, 5) is 38.0. The fourth-order valence-corrected chi connectivity index (χ4v) is 7.21. The number of esters is 3. The molecule has 0 bridgehead atoms. The number of carbonyl (C=O) groups is 3. The van der Waals surface area contributed by atoms with E-state index >= 15 is 0 Å². The lowest BCUT2D eigenvalue weighted by Gasteiger charge is -2.18. The summed E-state index contributed by atoms with van der Waals surface area (Å²) in [6, 6.07) is 0. The van der Waals surface area contributed by atoms with Gasteiger partial charge in [-0.1, -0.05) is 220 Å². The van der Waals surface area contributed by atoms with Crippen LogP contribution in [-0.2, 0) is 28.6 Å². The molecule has 0 saturated heterocycles. The maximum absolute atomic E-state index is 12.8. The number of hydrogen-bond donors (Lipinski definition) is 0. The molecule has 0 spiro atoms. The minimum Gasteiger partial charge on any atom is -0.462 e. The first-order valence-corrected chi connectivity index (χ1v) is 27.4. The van der Waals surface area contributed by atoms with E-state index in [9.17, 15) is 14.4 Å². The van der Waals surface area contributed by atoms with Crippen LogP contribution >= 0.6 is 0 Å². The van der Waals surface area contributed by atoms with Gasteiger partial charge in [0.25, 0.3) is 0 Å². The van der Waals surface area contributed by atoms with Gasteiger partial charge in [0, 0.05) is 19.3 Å². The molecule has 0 aromatic heterocycles. The van der Waals surface area contributed by atoms with E-state index in [4.69, 9.17) is 14.2 Å². The van der Waals surface area contributed by atoms with Crippen LogP contribution in [0.25, 0.3) is 0 Å². The zero-order valence-corrected chi connectivity index (χ0v) is 43.4. The molecule has 0 aliphatic heterocycles. The summed E-state index contributed by atoms with van der Waals surface area (Å²) in [5, 5.41) is 0. The van der Waals surface area contributed by atoms with Crippen LogP contribution in [0, 0.1) is 0 Å². The topological polar surface area (TPSA) is 78.9 Å². The molecule has 1 atom stereocenters. The molecule has 6 heteroatoms. The van der Waals surface area contributed by atoms with Crippen molar-refractivity contribution >= 4 is 17.9 Å². The van der Waals surface area contributed by atoms with Gasteiger partial charge in [0.1, 0.15) is 13.2 Å². The quantitative estimate of drug-likeness (QED) is 0.0262. The molecule has 0 radical (unpaired) electrons. The van der Waals surface area contributed by atoms with Crippen molar-refractivity contribution in [3.63, 3.8) is 0 Å². The first-order chi connectivity index (χ1) is 33.0. The number of carbonyl (C=O) groups excluding carboxylic acids is 3. The van der Waals surface area contributed by atoms with Crippen molar-refractivity contribution in [1.29, 1.82) is 0 Å². The summed E-state index contributed by atoms with van der Waals surface area (Å²) in [5.74, 6) is -1.04. The van der Waals surface area contributed by atoms with Crippen LogP contribution in [0.3, 0.4) is 0 Å². The van der Waals surface area contributed by atoms with Gasteiger partial charge in [-0.05, 0) is 109 Å². The molecule has 0 heterocycles. The normalized spacial score (nSPS) is 12.9. The molecule has 0 saturated carbocycles. The Morgan fingerprint density at radius 3 is 0.985 bits per heavy atom. The molecule has 380 valence electrons. The van der Waals surface area contributed by atoms with E-state index in [2.05, 4.69) is 118 Å². The number of allylic oxidation sites excluding steroid dienone is 18. The average molecular weight is 929 g/mol. The van der Waals surface area contributed by atoms with Crippen molar-refractivity contribution in [3.8, 4) is 0 Å². The van der Waals surface area contributed by atoms with Gasteiger partial charge in [0.2, 0.25) is 0 Å². The van der Waals surface area contributed by atoms with Gasteiger partial charge < -0.3 is 14.2 Å². The van der Waals surface area contributed by atoms with Crippen molar-refractivity contribution in [1.82, 2.24) is 0 Å². The summed E-state index contributed by atoms with van der Waals surface area (Å²) >= 11 is 0. The Bertz CT molecular complexity index is 1390. The second-order valence-corrected chi connectivity index (χ2v) is 17.7. The van der Waals surface area contributed by atoms with E-state index in [-0.39, 0.29) is 31.6 Å². The lowest BCUT2D eigenvalue weighted by Crippen LogP contribution is -2.30. The third-order valence-electron chi connectivity index (χ3n) is 11.3. The van der Waals surface area contributed by atoms with E-state index in [0.717, 1.165) is 96.3 Å². The summed E-state index contributed by atoms with van der Waals surface area (Å²) in [5.41, 5.74) is 0. The van der Waals surface area contributed by atoms with Crippen LogP contribution in [0.4, 0.5) is 0 Å². The van der Waals surface area contributed by atoms with Crippen LogP contribution in [0.2, 0.25) is 0 Å². The molecule has 0 N–H and O–H groups in total. The predicted molar refractivity (Wildman–Crippen MR) is 288 cm³/mol. The Morgan fingerprint density at radius 2 is 0.612 bits per heavy atom. The van der Waals surface area contributed by atoms with Crippen LogP contribution in [0.1, 0.15) is 239 Å². The van der Waals surface area contributed by atoms with E-state index in [1.54, 1.807) is 0 Å². The van der Waals surface area contributed by atoms with Gasteiger partial charge in [-0.15, -0.1) is 0 Å². The molecule has 0 aromatic carbocycles. The predicted octanol–water partition coefficient (Wildman–Crippen LogP) is 18.3. The van der Waals surface area contributed by atoms with Gasteiger partial charge in [0.05, 0.1) is 0 Å². The van der Waals surface area contributed by atoms with Crippen molar-refractivity contribution in [2.45, 2.75) is 245 Å². The highest BCUT2D eigenvalue weighted by molar-refractivity contribution is 5.71. The minimum atomic E-state index is -0.830. The SMILES string of the molecule is CC/C=C\C/C=C\C/C=C\C/C=C\CCC(=O)OC(COC(=O)CCCCC/C=C\C/C=C\C/C=C\CC)COC(=O)CCCCCCCCCCCCC/C=C\C/C=C\CCCCCCC. The standard InChI is InChI=1S/C61H100O6/c1-4-7-10-13-16-19-22-25-26-27-28-29-30-31-32-33-34-37-39-42-45-48-51-54-60(63)66-57-58(67-61(64)55-52-49-46-43-40-36-24-21-18-15-12-9-6-3)56-65-59(62)53-50-47-44-41-38-35-23-20-17-14-11-8-5-2/h8-9,11-12,17-18,20-22,25,27-28,35-36,38,40,46,49,58H,4-7,10,13-16,19,23-24,26,29-34,37,39,41-45,47-48,50-57H2,1-3H3/b11-8-,12-9-,20-17-,21-18-,25-22-,28-27-,38-35-,40-36-,49-46-. The smallest absolute Gasteiger partial charge is 0.306 e. The molecule has 0 aromatic rings. The molecular weight excluding hydrogens is 829 g/mol. The maximum atomic E-state index is 12.8. The molecule has 0 rings (SSSR count). The summed E-state index contributed by atoms with van der Waals surface area (Å²) in [6.45, 7) is 6.30. The number of hydrogen-bond acceptors (Lipinski definition) is 6. The first-order valence-electron chi connectivity index (χ1n) is 27.4. The average Bonchev–Trinajstić information content (AvgIpc) is 3.33. The van der Waals surface area contributed by atoms with Gasteiger partial charge in [0.15, 0.2) is 6.10 Å². The fourth-order valence-electron chi connectivity index (χ4n) is 7.21. The molecule has 0 amide bonds. The zero-order chi connectivity index (χ0) is 48.6.